The van der Waals surface area contributed by atoms with Crippen LogP contribution in [0.1, 0.15) is 50.3 Å². The van der Waals surface area contributed by atoms with Gasteiger partial charge in [-0.25, -0.2) is 0 Å². The van der Waals surface area contributed by atoms with Gasteiger partial charge in [0.05, 0.1) is 32.7 Å². The lowest BCUT2D eigenvalue weighted by atomic mass is 9.87. The number of phenols is 2. The van der Waals surface area contributed by atoms with Crippen molar-refractivity contribution in [2.75, 3.05) is 11.5 Å². The number of hydrogen-bond donors (Lipinski definition) is 2. The zero-order chi connectivity index (χ0) is 81.2. The number of thiophene rings is 1. The molecule has 0 unspecified atom stereocenters. The molecule has 580 valence electrons. The van der Waals surface area contributed by atoms with E-state index in [-0.39, 0.29) is 48.6 Å². The van der Waals surface area contributed by atoms with Crippen molar-refractivity contribution in [2.24, 2.45) is 0 Å². The van der Waals surface area contributed by atoms with E-state index in [1.807, 2.05) is 44.2 Å². The number of aryl methyl sites for hydroxylation is 2. The van der Waals surface area contributed by atoms with Crippen molar-refractivity contribution in [3.63, 3.8) is 0 Å². The molecule has 0 saturated carbocycles. The predicted molar refractivity (Wildman–Crippen MR) is 517 cm³/mol. The van der Waals surface area contributed by atoms with E-state index in [4.69, 9.17) is 0 Å². The zero-order valence-corrected chi connectivity index (χ0v) is 71.8. The normalized spacial score (nSPS) is 12.2. The minimum Gasteiger partial charge on any atom is -0.507 e. The van der Waals surface area contributed by atoms with Crippen molar-refractivity contribution < 1.29 is 10.2 Å². The molecule has 1 saturated heterocycles. The Balaban J connectivity index is 0.000000109. The quantitative estimate of drug-likeness (QED) is 0.127. The lowest BCUT2D eigenvalue weighted by Crippen LogP contribution is -2.11. The standard InChI is InChI=1S/C30H21S.C30H27S.C20H18OS.C18H13S.C14H14OS/c1-4-10-25-19-28(16-13-22(25)7-1)31(29-17-14-23-8-2-5-11-26(23)20-29)30-18-15-24-9-3-6-12-27(24)21-30;1-30(2,3)26-14-18-27(19-15-26)31(28-16-12-22-8-4-6-10-24(22)20-28)29-17-13-23-9-5-7-11-25(23)21-29;1-15-13-19(14-16(2)20(15)21)22(17-9-5-3-6-10-17)18-11-7-4-8-12-18;1-2-8-14(9-3-1)19-17-12-6-4-10-15(17)16-11-5-7-13-18(16)19;15-13-7-8-14(16-9-3-4-10-16)12-6-2-1-5-11(12)13/h1-21H;4-21H,1-3H3;3-14H,1-2H3;1-13H;1-2,5-8H,3-4,9-10H2/q2*+1;;+1;/p+2. The van der Waals surface area contributed by atoms with Gasteiger partial charge in [0.2, 0.25) is 0 Å². The van der Waals surface area contributed by atoms with Crippen LogP contribution in [0.2, 0.25) is 0 Å². The molecule has 2 heterocycles. The molecule has 119 heavy (non-hydrogen) atoms. The molecule has 7 heteroatoms. The second-order valence-corrected chi connectivity index (χ2v) is 41.4. The molecule has 0 aliphatic carbocycles. The van der Waals surface area contributed by atoms with E-state index in [2.05, 4.69) is 415 Å². The second kappa shape index (κ2) is 36.4. The molecule has 2 nitrogen and oxygen atoms in total. The molecule has 20 aromatic rings. The van der Waals surface area contributed by atoms with Crippen molar-refractivity contribution in [2.45, 2.75) is 102 Å². The fourth-order valence-corrected chi connectivity index (χ4v) is 27.4. The van der Waals surface area contributed by atoms with Crippen LogP contribution in [0.25, 0.3) is 89.7 Å². The van der Waals surface area contributed by atoms with Gasteiger partial charge in [0.25, 0.3) is 0 Å². The Morgan fingerprint density at radius 3 is 0.924 bits per heavy atom. The summed E-state index contributed by atoms with van der Waals surface area (Å²) in [5.74, 6) is 3.46. The average molecular weight is 1630 g/mol. The Hall–Kier alpha value is -12.0. The van der Waals surface area contributed by atoms with Crippen LogP contribution in [0.3, 0.4) is 0 Å². The van der Waals surface area contributed by atoms with Crippen LogP contribution in [0.4, 0.5) is 0 Å². The molecule has 19 aromatic carbocycles. The highest BCUT2D eigenvalue weighted by atomic mass is 32.2. The number of rotatable bonds is 11. The summed E-state index contributed by atoms with van der Waals surface area (Å²) in [6, 6.07) is 153. The van der Waals surface area contributed by atoms with E-state index in [0.717, 1.165) is 16.5 Å². The highest BCUT2D eigenvalue weighted by Gasteiger charge is 2.34. The minimum absolute atomic E-state index is 0.0594. The second-order valence-electron chi connectivity index (χ2n) is 31.1. The van der Waals surface area contributed by atoms with Crippen molar-refractivity contribution >= 4 is 139 Å². The van der Waals surface area contributed by atoms with E-state index in [1.165, 1.54) is 163 Å². The molecule has 0 radical (unpaired) electrons. The first-order chi connectivity index (χ1) is 58.3. The van der Waals surface area contributed by atoms with Gasteiger partial charge in [-0.1, -0.05) is 251 Å². The maximum absolute atomic E-state index is 10.1. The summed E-state index contributed by atoms with van der Waals surface area (Å²) in [4.78, 5) is 14.8. The maximum Gasteiger partial charge on any atom is 0.187 e. The van der Waals surface area contributed by atoms with Gasteiger partial charge in [-0.2, -0.15) is 0 Å². The predicted octanol–water partition coefficient (Wildman–Crippen LogP) is 30.8. The average Bonchev–Trinajstić information content (AvgIpc) is 1.60. The third kappa shape index (κ3) is 17.9. The minimum atomic E-state index is -0.183. The van der Waals surface area contributed by atoms with Crippen LogP contribution < -0.4 is 0 Å². The van der Waals surface area contributed by atoms with Crippen molar-refractivity contribution in [3.8, 4) is 16.4 Å². The molecule has 1 aliphatic heterocycles. The van der Waals surface area contributed by atoms with Gasteiger partial charge >= 0.3 is 0 Å². The van der Waals surface area contributed by atoms with E-state index in [0.29, 0.717) is 22.4 Å². The Bertz CT molecular complexity index is 6550. The number of fused-ring (bicyclic) bond motifs is 9. The number of aromatic hydroxyl groups is 2. The van der Waals surface area contributed by atoms with Crippen LogP contribution in [-0.2, 0) is 49.0 Å². The number of hydrogen-bond acceptors (Lipinski definition) is 2. The first-order valence-electron chi connectivity index (χ1n) is 40.9. The highest BCUT2D eigenvalue weighted by Crippen LogP contribution is 2.49. The number of benzene rings is 19. The molecule has 0 spiro atoms. The third-order valence-corrected chi connectivity index (χ3v) is 33.5. The van der Waals surface area contributed by atoms with Gasteiger partial charge in [-0.3, -0.25) is 0 Å². The summed E-state index contributed by atoms with van der Waals surface area (Å²) in [6.07, 6.45) is 2.72. The summed E-state index contributed by atoms with van der Waals surface area (Å²) in [5, 5.41) is 37.8. The highest BCUT2D eigenvalue weighted by molar-refractivity contribution is 7.98. The Labute approximate surface area is 714 Å². The van der Waals surface area contributed by atoms with E-state index < -0.39 is 0 Å². The lowest BCUT2D eigenvalue weighted by molar-refractivity contribution is 0.466. The fourth-order valence-electron chi connectivity index (χ4n) is 16.0. The Morgan fingerprint density at radius 2 is 0.546 bits per heavy atom. The summed E-state index contributed by atoms with van der Waals surface area (Å²) < 4.78 is 2.91. The summed E-state index contributed by atoms with van der Waals surface area (Å²) in [5.41, 5.74) is 3.39. The molecule has 0 bridgehead atoms. The van der Waals surface area contributed by atoms with Crippen molar-refractivity contribution in [1.29, 1.82) is 0 Å². The smallest absolute Gasteiger partial charge is 0.187 e. The molecule has 2 N–H and O–H groups in total. The van der Waals surface area contributed by atoms with E-state index in [1.54, 1.807) is 0 Å². The Kier molecular flexibility index (Phi) is 24.3. The van der Waals surface area contributed by atoms with Crippen LogP contribution in [0, 0.1) is 13.8 Å². The maximum atomic E-state index is 10.1. The molecule has 21 rings (SSSR count). The lowest BCUT2D eigenvalue weighted by Gasteiger charge is -2.19. The largest absolute Gasteiger partial charge is 0.507 e. The molecule has 0 atom stereocenters. The summed E-state index contributed by atoms with van der Waals surface area (Å²) in [6.45, 7) is 10.7. The van der Waals surface area contributed by atoms with E-state index in [9.17, 15) is 10.2 Å². The Morgan fingerprint density at radius 1 is 0.252 bits per heavy atom. The fraction of sp³-hybridized carbons (Fsp3) is 0.0893. The van der Waals surface area contributed by atoms with Crippen LogP contribution in [-0.4, -0.2) is 21.7 Å². The van der Waals surface area contributed by atoms with Crippen LogP contribution >= 0.6 is 10.5 Å². The molecular weight excluding hydrogens is 1540 g/mol. The molecular formula is C112H95O2S5+5. The van der Waals surface area contributed by atoms with Crippen LogP contribution in [0.5, 0.6) is 11.5 Å². The van der Waals surface area contributed by atoms with Gasteiger partial charge in [-0.15, -0.1) is 0 Å². The first kappa shape index (κ1) is 79.4. The van der Waals surface area contributed by atoms with Gasteiger partial charge < -0.3 is 10.2 Å². The molecule has 1 aromatic heterocycles. The van der Waals surface area contributed by atoms with Crippen molar-refractivity contribution in [1.82, 2.24) is 0 Å². The van der Waals surface area contributed by atoms with Gasteiger partial charge in [-0.05, 0) is 254 Å². The number of phenolic OH excluding ortho intramolecular Hbond substituents is 2. The van der Waals surface area contributed by atoms with Gasteiger partial charge in [0.1, 0.15) is 23.0 Å². The summed E-state index contributed by atoms with van der Waals surface area (Å²) in [7, 11) is -0.0242. The molecule has 0 amide bonds. The topological polar surface area (TPSA) is 40.5 Å². The zero-order valence-electron chi connectivity index (χ0n) is 67.7. The first-order valence-corrected chi connectivity index (χ1v) is 47.3. The van der Waals surface area contributed by atoms with Crippen LogP contribution in [0.15, 0.2) is 474 Å². The molecule has 1 aliphatic rings. The van der Waals surface area contributed by atoms with E-state index >= 15 is 0 Å². The summed E-state index contributed by atoms with van der Waals surface area (Å²) >= 11 is 0. The molecule has 1 fully saturated rings. The monoisotopic (exact) mass is 1630 g/mol. The third-order valence-electron chi connectivity index (χ3n) is 22.1. The SMILES string of the molecule is CC(C)(C)c1ccc([S+](c2ccc3ccccc3c2)c2ccc3ccccc3c2)cc1.Cc1cc([S+](c2ccccc2)c2ccccc2)cc(C)c1O.Oc1ccc([S+]2CCCC2)c2ccccc12.c1ccc(-[s+]2c3ccccc3c3ccccc32)cc1.c1ccc2cc([S+](c3ccc4ccccc4c3)c3ccc4ccccc4c3)ccc2c1. The van der Waals surface area contributed by atoms with Gasteiger partial charge in [0, 0.05) is 85.4 Å². The van der Waals surface area contributed by atoms with Gasteiger partial charge in [0.15, 0.2) is 63.3 Å². The van der Waals surface area contributed by atoms with Crippen molar-refractivity contribution in [3.05, 3.63) is 441 Å².